The van der Waals surface area contributed by atoms with Crippen molar-refractivity contribution in [1.29, 1.82) is 5.26 Å². The highest BCUT2D eigenvalue weighted by Gasteiger charge is 2.16. The van der Waals surface area contributed by atoms with E-state index in [0.717, 1.165) is 41.1 Å². The number of aromatic nitrogens is 3. The van der Waals surface area contributed by atoms with Crippen LogP contribution in [-0.2, 0) is 12.2 Å². The topological polar surface area (TPSA) is 80.5 Å². The largest absolute Gasteiger partial charge is 0.336 e. The van der Waals surface area contributed by atoms with Crippen LogP contribution in [0.5, 0.6) is 0 Å². The molecule has 0 atom stereocenters. The molecule has 0 bridgehead atoms. The lowest BCUT2D eigenvalue weighted by atomic mass is 9.86. The Bertz CT molecular complexity index is 695. The molecule has 126 valence electrons. The third-order valence-corrected chi connectivity index (χ3v) is 5.70. The minimum Gasteiger partial charge on any atom is -0.336 e. The molecule has 0 amide bonds. The molecule has 0 aliphatic heterocycles. The van der Waals surface area contributed by atoms with E-state index < -0.39 is 0 Å². The van der Waals surface area contributed by atoms with Gasteiger partial charge in [-0.2, -0.15) is 5.26 Å². The molecule has 0 saturated heterocycles. The third-order valence-electron chi connectivity index (χ3n) is 4.69. The number of benzene rings is 1. The summed E-state index contributed by atoms with van der Waals surface area (Å²) in [5, 5.41) is 18.1. The van der Waals surface area contributed by atoms with Crippen LogP contribution in [-0.4, -0.2) is 14.9 Å². The second kappa shape index (κ2) is 8.20. The lowest BCUT2D eigenvalue weighted by Crippen LogP contribution is -2.16. The quantitative estimate of drug-likeness (QED) is 0.640. The molecule has 1 fully saturated rings. The maximum atomic E-state index is 8.83. The van der Waals surface area contributed by atoms with Crippen LogP contribution in [0.3, 0.4) is 0 Å². The van der Waals surface area contributed by atoms with Crippen molar-refractivity contribution < 1.29 is 0 Å². The van der Waals surface area contributed by atoms with Crippen molar-refractivity contribution in [2.24, 2.45) is 5.92 Å². The fraction of sp³-hybridized carbons (Fsp3) is 0.500. The van der Waals surface area contributed by atoms with E-state index >= 15 is 0 Å². The van der Waals surface area contributed by atoms with Gasteiger partial charge < -0.3 is 5.84 Å². The number of aryl methyl sites for hydroxylation is 1. The summed E-state index contributed by atoms with van der Waals surface area (Å²) in [7, 11) is 0. The Labute approximate surface area is 147 Å². The predicted octanol–water partition coefficient (Wildman–Crippen LogP) is 3.67. The molecule has 1 aliphatic rings. The lowest BCUT2D eigenvalue weighted by Gasteiger charge is -2.20. The summed E-state index contributed by atoms with van der Waals surface area (Å²) in [6, 6.07) is 9.72. The van der Waals surface area contributed by atoms with Gasteiger partial charge in [0, 0.05) is 12.2 Å². The van der Waals surface area contributed by atoms with Crippen LogP contribution in [0.1, 0.15) is 55.5 Å². The van der Waals surface area contributed by atoms with Crippen LogP contribution in [0.25, 0.3) is 0 Å². The van der Waals surface area contributed by atoms with Crippen molar-refractivity contribution in [3.8, 4) is 6.07 Å². The molecule has 1 heterocycles. The monoisotopic (exact) mass is 341 g/mol. The fourth-order valence-electron chi connectivity index (χ4n) is 3.21. The number of thioether (sulfide) groups is 1. The predicted molar refractivity (Wildman–Crippen MR) is 95.8 cm³/mol. The summed E-state index contributed by atoms with van der Waals surface area (Å²) in [4.78, 5) is 0. The molecule has 1 aromatic carbocycles. The number of rotatable bonds is 6. The van der Waals surface area contributed by atoms with Crippen LogP contribution in [0.15, 0.2) is 29.4 Å². The zero-order valence-electron chi connectivity index (χ0n) is 13.8. The normalized spacial score (nSPS) is 15.3. The molecular formula is C18H23N5S. The smallest absolute Gasteiger partial charge is 0.210 e. The summed E-state index contributed by atoms with van der Waals surface area (Å²) >= 11 is 1.58. The Morgan fingerprint density at radius 1 is 1.17 bits per heavy atom. The van der Waals surface area contributed by atoms with E-state index in [1.807, 2.05) is 24.3 Å². The van der Waals surface area contributed by atoms with Crippen molar-refractivity contribution in [2.75, 3.05) is 5.84 Å². The molecule has 1 saturated carbocycles. The van der Waals surface area contributed by atoms with Crippen molar-refractivity contribution in [2.45, 2.75) is 55.9 Å². The minimum atomic E-state index is 0.677. The highest BCUT2D eigenvalue weighted by molar-refractivity contribution is 7.98. The van der Waals surface area contributed by atoms with E-state index in [2.05, 4.69) is 16.3 Å². The second-order valence-corrected chi connectivity index (χ2v) is 7.35. The molecule has 5 nitrogen and oxygen atoms in total. The Hall–Kier alpha value is -2.00. The first kappa shape index (κ1) is 16.8. The van der Waals surface area contributed by atoms with E-state index in [0.29, 0.717) is 5.56 Å². The Morgan fingerprint density at radius 2 is 1.92 bits per heavy atom. The molecule has 2 aromatic rings. The SMILES string of the molecule is N#Cc1ccc(CSc2nnc(CCC3CCCCC3)n2N)cc1. The van der Waals surface area contributed by atoms with Gasteiger partial charge in [0.1, 0.15) is 0 Å². The average Bonchev–Trinajstić information content (AvgIpc) is 2.99. The van der Waals surface area contributed by atoms with Crippen molar-refractivity contribution in [3.05, 3.63) is 41.2 Å². The van der Waals surface area contributed by atoms with Gasteiger partial charge in [-0.3, -0.25) is 0 Å². The van der Waals surface area contributed by atoms with Gasteiger partial charge in [0.05, 0.1) is 11.6 Å². The van der Waals surface area contributed by atoms with E-state index in [1.54, 1.807) is 16.4 Å². The van der Waals surface area contributed by atoms with Crippen LogP contribution in [0.4, 0.5) is 0 Å². The number of nitrogen functional groups attached to an aromatic ring is 1. The number of hydrogen-bond acceptors (Lipinski definition) is 5. The summed E-state index contributed by atoms with van der Waals surface area (Å²) in [5.74, 6) is 8.63. The van der Waals surface area contributed by atoms with Gasteiger partial charge in [0.2, 0.25) is 5.16 Å². The van der Waals surface area contributed by atoms with Crippen LogP contribution < -0.4 is 5.84 Å². The number of nitrogens with two attached hydrogens (primary N) is 1. The first-order chi connectivity index (χ1) is 11.8. The summed E-state index contributed by atoms with van der Waals surface area (Å²) in [6.07, 6.45) is 8.89. The molecule has 24 heavy (non-hydrogen) atoms. The zero-order chi connectivity index (χ0) is 16.8. The first-order valence-corrected chi connectivity index (χ1v) is 9.56. The summed E-state index contributed by atoms with van der Waals surface area (Å²) < 4.78 is 1.64. The van der Waals surface area contributed by atoms with Gasteiger partial charge >= 0.3 is 0 Å². The van der Waals surface area contributed by atoms with Gasteiger partial charge in [-0.1, -0.05) is 56.0 Å². The molecule has 1 aliphatic carbocycles. The Balaban J connectivity index is 1.53. The lowest BCUT2D eigenvalue weighted by molar-refractivity contribution is 0.336. The van der Waals surface area contributed by atoms with Gasteiger partial charge in [0.15, 0.2) is 5.82 Å². The zero-order valence-corrected chi connectivity index (χ0v) is 14.6. The highest BCUT2D eigenvalue weighted by Crippen LogP contribution is 2.27. The molecule has 3 rings (SSSR count). The first-order valence-electron chi connectivity index (χ1n) is 8.57. The van der Waals surface area contributed by atoms with Crippen LogP contribution in [0, 0.1) is 17.2 Å². The van der Waals surface area contributed by atoms with Crippen molar-refractivity contribution in [1.82, 2.24) is 14.9 Å². The van der Waals surface area contributed by atoms with E-state index in [4.69, 9.17) is 11.1 Å². The van der Waals surface area contributed by atoms with Crippen LogP contribution >= 0.6 is 11.8 Å². The second-order valence-electron chi connectivity index (χ2n) is 6.41. The third kappa shape index (κ3) is 4.30. The van der Waals surface area contributed by atoms with Crippen LogP contribution in [0.2, 0.25) is 0 Å². The van der Waals surface area contributed by atoms with E-state index in [-0.39, 0.29) is 0 Å². The van der Waals surface area contributed by atoms with E-state index in [1.165, 1.54) is 32.1 Å². The molecule has 2 N–H and O–H groups in total. The number of nitriles is 1. The van der Waals surface area contributed by atoms with E-state index in [9.17, 15) is 0 Å². The Kier molecular flexibility index (Phi) is 5.76. The van der Waals surface area contributed by atoms with Gasteiger partial charge in [0.25, 0.3) is 0 Å². The van der Waals surface area contributed by atoms with Crippen molar-refractivity contribution in [3.63, 3.8) is 0 Å². The number of hydrogen-bond donors (Lipinski definition) is 1. The van der Waals surface area contributed by atoms with Gasteiger partial charge in [-0.15, -0.1) is 10.2 Å². The molecular weight excluding hydrogens is 318 g/mol. The fourth-order valence-corrected chi connectivity index (χ4v) is 4.04. The standard InChI is InChI=1S/C18H23N5S/c19-12-15-6-8-16(9-7-15)13-24-18-22-21-17(23(18)20)11-10-14-4-2-1-3-5-14/h6-9,14H,1-5,10-11,13,20H2. The van der Waals surface area contributed by atoms with Gasteiger partial charge in [-0.05, 0) is 30.0 Å². The minimum absolute atomic E-state index is 0.677. The Morgan fingerprint density at radius 3 is 2.62 bits per heavy atom. The molecule has 0 unspecified atom stereocenters. The highest BCUT2D eigenvalue weighted by atomic mass is 32.2. The maximum Gasteiger partial charge on any atom is 0.210 e. The molecule has 6 heteroatoms. The summed E-state index contributed by atoms with van der Waals surface area (Å²) in [6.45, 7) is 0. The maximum absolute atomic E-state index is 8.83. The average molecular weight is 341 g/mol. The summed E-state index contributed by atoms with van der Waals surface area (Å²) in [5.41, 5.74) is 1.82. The van der Waals surface area contributed by atoms with Crippen molar-refractivity contribution >= 4 is 11.8 Å². The number of nitrogens with zero attached hydrogens (tertiary/aromatic N) is 4. The molecule has 0 spiro atoms. The molecule has 1 aromatic heterocycles. The molecule has 0 radical (unpaired) electrons. The van der Waals surface area contributed by atoms with Gasteiger partial charge in [-0.25, -0.2) is 4.68 Å².